The van der Waals surface area contributed by atoms with Crippen molar-refractivity contribution in [3.63, 3.8) is 0 Å². The minimum absolute atomic E-state index is 0.457. The Kier molecular flexibility index (Phi) is 7.62. The van der Waals surface area contributed by atoms with Gasteiger partial charge >= 0.3 is 0 Å². The molecule has 0 fully saturated rings. The van der Waals surface area contributed by atoms with Gasteiger partial charge in [-0.05, 0) is 25.4 Å². The van der Waals surface area contributed by atoms with Crippen LogP contribution < -0.4 is 19.5 Å². The van der Waals surface area contributed by atoms with Crippen LogP contribution in [0.25, 0.3) is 0 Å². The summed E-state index contributed by atoms with van der Waals surface area (Å²) in [6.45, 7) is 2.91. The first-order valence-electron chi connectivity index (χ1n) is 6.67. The molecule has 0 saturated heterocycles. The van der Waals surface area contributed by atoms with Gasteiger partial charge in [0.25, 0.3) is 0 Å². The lowest BCUT2D eigenvalue weighted by Gasteiger charge is -2.18. The molecule has 1 aromatic carbocycles. The second kappa shape index (κ2) is 8.97. The summed E-state index contributed by atoms with van der Waals surface area (Å²) in [6, 6.07) is 4.22. The van der Waals surface area contributed by atoms with Crippen LogP contribution in [0.4, 0.5) is 0 Å². The Morgan fingerprint density at radius 3 is 2.15 bits per heavy atom. The number of hydrogen-bond acceptors (Lipinski definition) is 5. The minimum atomic E-state index is 0.457. The van der Waals surface area contributed by atoms with Crippen molar-refractivity contribution in [2.24, 2.45) is 0 Å². The molecule has 1 aromatic rings. The van der Waals surface area contributed by atoms with Crippen molar-refractivity contribution in [1.29, 1.82) is 0 Å². The number of hydrogen-bond donors (Lipinski definition) is 1. The van der Waals surface area contributed by atoms with Crippen molar-refractivity contribution < 1.29 is 14.2 Å². The fourth-order valence-electron chi connectivity index (χ4n) is 1.93. The first-order chi connectivity index (χ1) is 9.65. The fourth-order valence-corrected chi connectivity index (χ4v) is 2.51. The normalized spacial score (nSPS) is 12.1. The zero-order chi connectivity index (χ0) is 15.0. The summed E-state index contributed by atoms with van der Waals surface area (Å²) in [4.78, 5) is 0. The Hall–Kier alpha value is -1.07. The van der Waals surface area contributed by atoms with Crippen LogP contribution in [0.2, 0.25) is 0 Å². The summed E-state index contributed by atoms with van der Waals surface area (Å²) >= 11 is 1.87. The lowest BCUT2D eigenvalue weighted by Crippen LogP contribution is -2.26. The summed E-state index contributed by atoms with van der Waals surface area (Å²) in [7, 11) is 4.96. The quantitative estimate of drug-likeness (QED) is 0.759. The van der Waals surface area contributed by atoms with E-state index in [4.69, 9.17) is 14.2 Å². The molecule has 1 unspecified atom stereocenters. The van der Waals surface area contributed by atoms with Crippen molar-refractivity contribution in [2.75, 3.05) is 33.3 Å². The number of methoxy groups -OCH3 is 3. The number of rotatable bonds is 9. The summed E-state index contributed by atoms with van der Waals surface area (Å²) in [6.07, 6.45) is 3.27. The fraction of sp³-hybridized carbons (Fsp3) is 0.600. The van der Waals surface area contributed by atoms with Gasteiger partial charge in [-0.3, -0.25) is 0 Å². The molecule has 20 heavy (non-hydrogen) atoms. The van der Waals surface area contributed by atoms with Crippen LogP contribution in [0.5, 0.6) is 17.2 Å². The van der Waals surface area contributed by atoms with Gasteiger partial charge in [0.05, 0.1) is 26.9 Å². The predicted molar refractivity (Wildman–Crippen MR) is 85.4 cm³/mol. The lowest BCUT2D eigenvalue weighted by molar-refractivity contribution is 0.364. The highest BCUT2D eigenvalue weighted by Gasteiger charge is 2.14. The molecule has 4 nitrogen and oxygen atoms in total. The molecule has 0 heterocycles. The highest BCUT2D eigenvalue weighted by Crippen LogP contribution is 2.33. The van der Waals surface area contributed by atoms with E-state index in [2.05, 4.69) is 18.5 Å². The molecule has 0 bridgehead atoms. The first kappa shape index (κ1) is 17.0. The number of thioether (sulfide) groups is 1. The molecule has 0 aliphatic rings. The van der Waals surface area contributed by atoms with Crippen LogP contribution in [-0.4, -0.2) is 39.4 Å². The zero-order valence-corrected chi connectivity index (χ0v) is 13.8. The third-order valence-electron chi connectivity index (χ3n) is 3.20. The van der Waals surface area contributed by atoms with Gasteiger partial charge in [0.1, 0.15) is 17.2 Å². The van der Waals surface area contributed by atoms with E-state index >= 15 is 0 Å². The molecule has 1 rings (SSSR count). The molecule has 1 N–H and O–H groups in total. The first-order valence-corrected chi connectivity index (χ1v) is 8.06. The Morgan fingerprint density at radius 2 is 1.70 bits per heavy atom. The third kappa shape index (κ3) is 4.80. The highest BCUT2D eigenvalue weighted by molar-refractivity contribution is 7.98. The van der Waals surface area contributed by atoms with Gasteiger partial charge in [0.2, 0.25) is 0 Å². The van der Waals surface area contributed by atoms with Crippen LogP contribution in [-0.2, 0) is 6.54 Å². The smallest absolute Gasteiger partial charge is 0.130 e. The van der Waals surface area contributed by atoms with Crippen molar-refractivity contribution in [2.45, 2.75) is 25.9 Å². The van der Waals surface area contributed by atoms with E-state index in [1.165, 1.54) is 0 Å². The maximum Gasteiger partial charge on any atom is 0.130 e. The predicted octanol–water partition coefficient (Wildman–Crippen LogP) is 2.94. The lowest BCUT2D eigenvalue weighted by atomic mass is 10.1. The van der Waals surface area contributed by atoms with E-state index in [0.717, 1.165) is 35.0 Å². The largest absolute Gasteiger partial charge is 0.496 e. The molecule has 0 saturated carbocycles. The van der Waals surface area contributed by atoms with Crippen LogP contribution in [0.1, 0.15) is 18.9 Å². The van der Waals surface area contributed by atoms with Gasteiger partial charge in [-0.15, -0.1) is 0 Å². The van der Waals surface area contributed by atoms with Gasteiger partial charge in [0.15, 0.2) is 0 Å². The Labute approximate surface area is 126 Å². The summed E-state index contributed by atoms with van der Waals surface area (Å²) in [5.74, 6) is 3.46. The van der Waals surface area contributed by atoms with Gasteiger partial charge in [-0.1, -0.05) is 0 Å². The molecule has 5 heteroatoms. The SMILES string of the molecule is COc1cc(OC)c(CNC(C)CCSC)c(OC)c1. The van der Waals surface area contributed by atoms with Crippen molar-refractivity contribution in [3.05, 3.63) is 17.7 Å². The second-order valence-corrected chi connectivity index (χ2v) is 5.56. The summed E-state index contributed by atoms with van der Waals surface area (Å²) < 4.78 is 16.1. The van der Waals surface area contributed by atoms with Crippen molar-refractivity contribution >= 4 is 11.8 Å². The summed E-state index contributed by atoms with van der Waals surface area (Å²) in [5.41, 5.74) is 1.02. The van der Waals surface area contributed by atoms with Crippen LogP contribution in [0.15, 0.2) is 12.1 Å². The molecular weight excluding hydrogens is 274 g/mol. The average molecular weight is 299 g/mol. The van der Waals surface area contributed by atoms with E-state index in [0.29, 0.717) is 12.6 Å². The number of benzene rings is 1. The summed E-state index contributed by atoms with van der Waals surface area (Å²) in [5, 5.41) is 3.51. The van der Waals surface area contributed by atoms with Crippen molar-refractivity contribution in [1.82, 2.24) is 5.32 Å². The minimum Gasteiger partial charge on any atom is -0.496 e. The molecule has 0 aliphatic heterocycles. The molecule has 0 radical (unpaired) electrons. The van der Waals surface area contributed by atoms with E-state index < -0.39 is 0 Å². The molecule has 0 spiro atoms. The topological polar surface area (TPSA) is 39.7 Å². The van der Waals surface area contributed by atoms with E-state index in [9.17, 15) is 0 Å². The molecule has 0 amide bonds. The molecule has 0 aromatic heterocycles. The van der Waals surface area contributed by atoms with E-state index in [1.54, 1.807) is 21.3 Å². The average Bonchev–Trinajstić information content (AvgIpc) is 2.49. The van der Waals surface area contributed by atoms with Gasteiger partial charge in [-0.25, -0.2) is 0 Å². The zero-order valence-electron chi connectivity index (χ0n) is 13.0. The monoisotopic (exact) mass is 299 g/mol. The Bertz CT molecular complexity index is 387. The van der Waals surface area contributed by atoms with Crippen molar-refractivity contribution in [3.8, 4) is 17.2 Å². The Morgan fingerprint density at radius 1 is 1.10 bits per heavy atom. The maximum atomic E-state index is 5.44. The molecule has 1 atom stereocenters. The van der Waals surface area contributed by atoms with Gasteiger partial charge in [-0.2, -0.15) is 11.8 Å². The van der Waals surface area contributed by atoms with E-state index in [-0.39, 0.29) is 0 Å². The number of nitrogens with one attached hydrogen (secondary N) is 1. The van der Waals surface area contributed by atoms with Gasteiger partial charge in [0, 0.05) is 24.7 Å². The number of ether oxygens (including phenoxy) is 3. The van der Waals surface area contributed by atoms with Gasteiger partial charge < -0.3 is 19.5 Å². The van der Waals surface area contributed by atoms with Crippen LogP contribution in [0, 0.1) is 0 Å². The Balaban J connectivity index is 2.81. The van der Waals surface area contributed by atoms with Crippen LogP contribution >= 0.6 is 11.8 Å². The highest BCUT2D eigenvalue weighted by atomic mass is 32.2. The third-order valence-corrected chi connectivity index (χ3v) is 3.84. The molecule has 0 aliphatic carbocycles. The molecular formula is C15H25NO3S. The maximum absolute atomic E-state index is 5.44. The standard InChI is InChI=1S/C15H25NO3S/c1-11(6-7-20-5)16-10-13-14(18-3)8-12(17-2)9-15(13)19-4/h8-9,11,16H,6-7,10H2,1-5H3. The molecule has 114 valence electrons. The van der Waals surface area contributed by atoms with E-state index in [1.807, 2.05) is 23.9 Å². The van der Waals surface area contributed by atoms with Crippen LogP contribution in [0.3, 0.4) is 0 Å². The second-order valence-electron chi connectivity index (χ2n) is 4.57.